The Morgan fingerprint density at radius 3 is 2.54 bits per heavy atom. The maximum atomic E-state index is 14.0. The second kappa shape index (κ2) is 7.91. The molecule has 0 saturated carbocycles. The van der Waals surface area contributed by atoms with Gasteiger partial charge in [0.05, 0.1) is 11.9 Å². The summed E-state index contributed by atoms with van der Waals surface area (Å²) < 4.78 is 14.0. The molecule has 8 heteroatoms. The SMILES string of the molecule is Cc1sc2nc(CN3CCN(Cc4c(F)cccc4Cl)CC3)[nH]c(=O)c2c1C. The number of aromatic amines is 1. The molecule has 0 aliphatic carbocycles. The molecule has 4 rings (SSSR count). The molecule has 2 aromatic heterocycles. The Balaban J connectivity index is 1.41. The van der Waals surface area contributed by atoms with Gasteiger partial charge in [0, 0.05) is 48.2 Å². The van der Waals surface area contributed by atoms with Crippen LogP contribution in [0, 0.1) is 19.7 Å². The fraction of sp³-hybridized carbons (Fsp3) is 0.400. The van der Waals surface area contributed by atoms with Crippen molar-refractivity contribution < 1.29 is 4.39 Å². The van der Waals surface area contributed by atoms with Gasteiger partial charge in [-0.1, -0.05) is 17.7 Å². The Morgan fingerprint density at radius 2 is 1.86 bits per heavy atom. The van der Waals surface area contributed by atoms with Crippen molar-refractivity contribution in [3.63, 3.8) is 0 Å². The molecule has 1 aliphatic rings. The van der Waals surface area contributed by atoms with Gasteiger partial charge in [-0.3, -0.25) is 14.6 Å². The first-order valence-electron chi connectivity index (χ1n) is 9.29. The number of aromatic nitrogens is 2. The third-order valence-electron chi connectivity index (χ3n) is 5.37. The lowest BCUT2D eigenvalue weighted by molar-refractivity contribution is 0.119. The maximum Gasteiger partial charge on any atom is 0.259 e. The lowest BCUT2D eigenvalue weighted by atomic mass is 10.2. The molecule has 1 saturated heterocycles. The molecule has 1 aromatic carbocycles. The van der Waals surface area contributed by atoms with Crippen molar-refractivity contribution in [2.75, 3.05) is 26.2 Å². The van der Waals surface area contributed by atoms with Crippen molar-refractivity contribution in [2.24, 2.45) is 0 Å². The zero-order chi connectivity index (χ0) is 19.8. The molecule has 0 amide bonds. The first kappa shape index (κ1) is 19.5. The molecule has 0 radical (unpaired) electrons. The number of hydrogen-bond donors (Lipinski definition) is 1. The number of benzene rings is 1. The van der Waals surface area contributed by atoms with E-state index in [1.54, 1.807) is 23.5 Å². The summed E-state index contributed by atoms with van der Waals surface area (Å²) in [5, 5.41) is 1.18. The van der Waals surface area contributed by atoms with Crippen LogP contribution in [0.1, 0.15) is 21.8 Å². The van der Waals surface area contributed by atoms with E-state index in [0.717, 1.165) is 41.5 Å². The van der Waals surface area contributed by atoms with Crippen molar-refractivity contribution in [2.45, 2.75) is 26.9 Å². The molecule has 5 nitrogen and oxygen atoms in total. The highest BCUT2D eigenvalue weighted by Gasteiger charge is 2.20. The van der Waals surface area contributed by atoms with Crippen LogP contribution in [0.4, 0.5) is 4.39 Å². The molecule has 1 aliphatic heterocycles. The molecule has 28 heavy (non-hydrogen) atoms. The van der Waals surface area contributed by atoms with E-state index in [0.29, 0.717) is 34.9 Å². The van der Waals surface area contributed by atoms with Crippen molar-refractivity contribution in [3.8, 4) is 0 Å². The lowest BCUT2D eigenvalue weighted by Crippen LogP contribution is -2.45. The lowest BCUT2D eigenvalue weighted by Gasteiger charge is -2.34. The molecule has 3 aromatic rings. The second-order valence-corrected chi connectivity index (χ2v) is 8.84. The number of nitrogens with zero attached hydrogens (tertiary/aromatic N) is 3. The minimum absolute atomic E-state index is 0.0605. The summed E-state index contributed by atoms with van der Waals surface area (Å²) in [5.74, 6) is 0.441. The first-order valence-corrected chi connectivity index (χ1v) is 10.5. The number of aryl methyl sites for hydroxylation is 2. The van der Waals surface area contributed by atoms with Crippen LogP contribution >= 0.6 is 22.9 Å². The molecule has 148 valence electrons. The van der Waals surface area contributed by atoms with Crippen molar-refractivity contribution in [1.29, 1.82) is 0 Å². The van der Waals surface area contributed by atoms with Gasteiger partial charge in [0.1, 0.15) is 16.5 Å². The third kappa shape index (κ3) is 3.85. The second-order valence-electron chi connectivity index (χ2n) is 7.23. The summed E-state index contributed by atoms with van der Waals surface area (Å²) in [6, 6.07) is 4.80. The van der Waals surface area contributed by atoms with Gasteiger partial charge in [0.15, 0.2) is 0 Å². The van der Waals surface area contributed by atoms with Crippen LogP contribution in [0.15, 0.2) is 23.0 Å². The summed E-state index contributed by atoms with van der Waals surface area (Å²) in [5.41, 5.74) is 1.51. The van der Waals surface area contributed by atoms with E-state index in [4.69, 9.17) is 11.6 Å². The van der Waals surface area contributed by atoms with E-state index in [1.165, 1.54) is 6.07 Å². The zero-order valence-electron chi connectivity index (χ0n) is 15.9. The third-order valence-corrected chi connectivity index (χ3v) is 6.83. The van der Waals surface area contributed by atoms with Crippen LogP contribution in [-0.4, -0.2) is 45.9 Å². The van der Waals surface area contributed by atoms with E-state index in [1.807, 2.05) is 13.8 Å². The van der Waals surface area contributed by atoms with E-state index >= 15 is 0 Å². The van der Waals surface area contributed by atoms with Crippen LogP contribution in [0.5, 0.6) is 0 Å². The number of thiophene rings is 1. The average Bonchev–Trinajstić information content (AvgIpc) is 2.94. The Hall–Kier alpha value is -1.80. The molecule has 1 N–H and O–H groups in total. The number of halogens is 2. The van der Waals surface area contributed by atoms with E-state index < -0.39 is 0 Å². The number of piperazine rings is 1. The van der Waals surface area contributed by atoms with Gasteiger partial charge in [-0.15, -0.1) is 11.3 Å². The van der Waals surface area contributed by atoms with Crippen molar-refractivity contribution in [1.82, 2.24) is 19.8 Å². The predicted octanol–water partition coefficient (Wildman–Crippen LogP) is 3.71. The number of fused-ring (bicyclic) bond motifs is 1. The van der Waals surface area contributed by atoms with Gasteiger partial charge in [-0.25, -0.2) is 9.37 Å². The maximum absolute atomic E-state index is 14.0. The van der Waals surface area contributed by atoms with Crippen LogP contribution in [-0.2, 0) is 13.1 Å². The smallest absolute Gasteiger partial charge is 0.259 e. The summed E-state index contributed by atoms with van der Waals surface area (Å²) in [7, 11) is 0. The number of nitrogens with one attached hydrogen (secondary N) is 1. The van der Waals surface area contributed by atoms with E-state index in [9.17, 15) is 9.18 Å². The fourth-order valence-corrected chi connectivity index (χ4v) is 4.87. The predicted molar refractivity (Wildman–Crippen MR) is 112 cm³/mol. The molecule has 1 fully saturated rings. The summed E-state index contributed by atoms with van der Waals surface area (Å²) >= 11 is 7.71. The standard InChI is InChI=1S/C20H22ClFN4OS/c1-12-13(2)28-20-18(12)19(27)23-17(24-20)11-26-8-6-25(7-9-26)10-14-15(21)4-3-5-16(14)22/h3-5H,6-11H2,1-2H3,(H,23,24,27). The highest BCUT2D eigenvalue weighted by Crippen LogP contribution is 2.26. The normalized spacial score (nSPS) is 16.1. The highest BCUT2D eigenvalue weighted by molar-refractivity contribution is 7.18. The molecule has 3 heterocycles. The van der Waals surface area contributed by atoms with Gasteiger partial charge in [0.2, 0.25) is 0 Å². The van der Waals surface area contributed by atoms with Crippen molar-refractivity contribution >= 4 is 33.2 Å². The Labute approximate surface area is 171 Å². The Kier molecular flexibility index (Phi) is 5.51. The summed E-state index contributed by atoms with van der Waals surface area (Å²) in [4.78, 5) is 26.4. The number of hydrogen-bond acceptors (Lipinski definition) is 5. The quantitative estimate of drug-likeness (QED) is 0.699. The average molecular weight is 421 g/mol. The summed E-state index contributed by atoms with van der Waals surface area (Å²) in [6.07, 6.45) is 0. The van der Waals surface area contributed by atoms with Crippen LogP contribution in [0.25, 0.3) is 10.2 Å². The molecule has 0 unspecified atom stereocenters. The largest absolute Gasteiger partial charge is 0.309 e. The van der Waals surface area contributed by atoms with E-state index in [-0.39, 0.29) is 11.4 Å². The molecular weight excluding hydrogens is 399 g/mol. The number of rotatable bonds is 4. The minimum atomic E-state index is -0.258. The number of H-pyrrole nitrogens is 1. The van der Waals surface area contributed by atoms with Crippen molar-refractivity contribution in [3.05, 3.63) is 61.2 Å². The first-order chi connectivity index (χ1) is 13.4. The highest BCUT2D eigenvalue weighted by atomic mass is 35.5. The van der Waals surface area contributed by atoms with Gasteiger partial charge in [0.25, 0.3) is 5.56 Å². The van der Waals surface area contributed by atoms with Gasteiger partial charge in [-0.2, -0.15) is 0 Å². The van der Waals surface area contributed by atoms with E-state index in [2.05, 4.69) is 19.8 Å². The topological polar surface area (TPSA) is 52.2 Å². The Morgan fingerprint density at radius 1 is 1.18 bits per heavy atom. The molecule has 0 spiro atoms. The van der Waals surface area contributed by atoms with Crippen LogP contribution in [0.3, 0.4) is 0 Å². The molecular formula is C20H22ClFN4OS. The zero-order valence-corrected chi connectivity index (χ0v) is 17.5. The van der Waals surface area contributed by atoms with Gasteiger partial charge in [-0.05, 0) is 31.5 Å². The summed E-state index contributed by atoms with van der Waals surface area (Å²) in [6.45, 7) is 8.38. The monoisotopic (exact) mass is 420 g/mol. The minimum Gasteiger partial charge on any atom is -0.309 e. The van der Waals surface area contributed by atoms with Crippen LogP contribution in [0.2, 0.25) is 5.02 Å². The van der Waals surface area contributed by atoms with Gasteiger partial charge >= 0.3 is 0 Å². The molecule has 0 atom stereocenters. The fourth-order valence-electron chi connectivity index (χ4n) is 3.60. The molecule has 0 bridgehead atoms. The van der Waals surface area contributed by atoms with Gasteiger partial charge < -0.3 is 4.98 Å². The van der Waals surface area contributed by atoms with Crippen LogP contribution < -0.4 is 5.56 Å². The Bertz CT molecular complexity index is 1050.